The predicted molar refractivity (Wildman–Crippen MR) is 89.3 cm³/mol. The second kappa shape index (κ2) is 8.15. The van der Waals surface area contributed by atoms with Crippen LogP contribution >= 0.6 is 15.9 Å². The summed E-state index contributed by atoms with van der Waals surface area (Å²) in [6.07, 6.45) is 3.58. The third-order valence-electron chi connectivity index (χ3n) is 3.08. The highest BCUT2D eigenvalue weighted by molar-refractivity contribution is 9.10. The fourth-order valence-corrected chi connectivity index (χ4v) is 2.35. The second-order valence-corrected chi connectivity index (χ2v) is 6.24. The van der Waals surface area contributed by atoms with Gasteiger partial charge in [-0.15, -0.1) is 0 Å². The number of hydrogen-bond donors (Lipinski definition) is 1. The zero-order valence-electron chi connectivity index (χ0n) is 12.5. The number of benzene rings is 1. The van der Waals surface area contributed by atoms with E-state index in [2.05, 4.69) is 46.1 Å². The van der Waals surface area contributed by atoms with Gasteiger partial charge in [-0.25, -0.2) is 0 Å². The van der Waals surface area contributed by atoms with Gasteiger partial charge < -0.3 is 10.1 Å². The predicted octanol–water partition coefficient (Wildman–Crippen LogP) is 4.17. The van der Waals surface area contributed by atoms with Crippen LogP contribution < -0.4 is 10.1 Å². The summed E-state index contributed by atoms with van der Waals surface area (Å²) in [6, 6.07) is 10.1. The second-order valence-electron chi connectivity index (χ2n) is 5.39. The van der Waals surface area contributed by atoms with Gasteiger partial charge >= 0.3 is 0 Å². The molecule has 4 heteroatoms. The summed E-state index contributed by atoms with van der Waals surface area (Å²) in [7, 11) is 0. The molecule has 3 nitrogen and oxygen atoms in total. The molecule has 2 aromatic rings. The molecule has 1 aromatic carbocycles. The molecule has 0 spiro atoms. The standard InChI is InChI=1S/C17H21BrN2O/c1-13(2)9-20-10-14-7-8-19-11-17(14)21-12-15-5-3-4-6-16(15)18/h3-8,11,13,20H,9-10,12H2,1-2H3. The third-order valence-corrected chi connectivity index (χ3v) is 3.85. The Labute approximate surface area is 134 Å². The molecule has 2 rings (SSSR count). The number of halogens is 1. The Morgan fingerprint density at radius 2 is 2.00 bits per heavy atom. The number of aromatic nitrogens is 1. The van der Waals surface area contributed by atoms with Gasteiger partial charge in [-0.3, -0.25) is 4.98 Å². The molecule has 0 amide bonds. The molecule has 1 aromatic heterocycles. The summed E-state index contributed by atoms with van der Waals surface area (Å²) in [4.78, 5) is 4.16. The Bertz CT molecular complexity index is 572. The molecule has 0 bridgehead atoms. The first kappa shape index (κ1) is 16.0. The molecule has 112 valence electrons. The third kappa shape index (κ3) is 5.14. The van der Waals surface area contributed by atoms with Gasteiger partial charge in [-0.1, -0.05) is 48.0 Å². The zero-order valence-corrected chi connectivity index (χ0v) is 14.1. The molecule has 0 radical (unpaired) electrons. The van der Waals surface area contributed by atoms with Crippen LogP contribution in [0.25, 0.3) is 0 Å². The fourth-order valence-electron chi connectivity index (χ4n) is 1.95. The van der Waals surface area contributed by atoms with Crippen molar-refractivity contribution in [1.82, 2.24) is 10.3 Å². The van der Waals surface area contributed by atoms with Gasteiger partial charge in [0.25, 0.3) is 0 Å². The zero-order chi connectivity index (χ0) is 15.1. The van der Waals surface area contributed by atoms with Crippen LogP contribution in [0.2, 0.25) is 0 Å². The molecule has 0 aliphatic rings. The molecular formula is C17H21BrN2O. The van der Waals surface area contributed by atoms with E-state index in [1.165, 1.54) is 0 Å². The maximum Gasteiger partial charge on any atom is 0.142 e. The minimum absolute atomic E-state index is 0.532. The Morgan fingerprint density at radius 1 is 1.19 bits per heavy atom. The van der Waals surface area contributed by atoms with Crippen molar-refractivity contribution in [2.24, 2.45) is 5.92 Å². The SMILES string of the molecule is CC(C)CNCc1ccncc1OCc1ccccc1Br. The van der Waals surface area contributed by atoms with Crippen molar-refractivity contribution < 1.29 is 4.74 Å². The lowest BCUT2D eigenvalue weighted by molar-refractivity contribution is 0.300. The van der Waals surface area contributed by atoms with Gasteiger partial charge in [-0.2, -0.15) is 0 Å². The van der Waals surface area contributed by atoms with Gasteiger partial charge in [0.15, 0.2) is 0 Å². The topological polar surface area (TPSA) is 34.2 Å². The largest absolute Gasteiger partial charge is 0.487 e. The summed E-state index contributed by atoms with van der Waals surface area (Å²) in [5.41, 5.74) is 2.26. The molecule has 0 atom stereocenters. The lowest BCUT2D eigenvalue weighted by atomic mass is 10.2. The van der Waals surface area contributed by atoms with Crippen LogP contribution in [0, 0.1) is 5.92 Å². The molecule has 1 N–H and O–H groups in total. The fraction of sp³-hybridized carbons (Fsp3) is 0.353. The molecule has 21 heavy (non-hydrogen) atoms. The molecule has 0 aliphatic carbocycles. The Balaban J connectivity index is 1.98. The van der Waals surface area contributed by atoms with E-state index in [0.29, 0.717) is 12.5 Å². The number of pyridine rings is 1. The number of nitrogens with one attached hydrogen (secondary N) is 1. The van der Waals surface area contributed by atoms with Crippen molar-refractivity contribution >= 4 is 15.9 Å². The van der Waals surface area contributed by atoms with Crippen molar-refractivity contribution in [3.05, 3.63) is 58.3 Å². The van der Waals surface area contributed by atoms with Gasteiger partial charge in [0, 0.05) is 28.3 Å². The summed E-state index contributed by atoms with van der Waals surface area (Å²) < 4.78 is 6.99. The van der Waals surface area contributed by atoms with E-state index in [1.54, 1.807) is 12.4 Å². The van der Waals surface area contributed by atoms with E-state index in [4.69, 9.17) is 4.74 Å². The van der Waals surface area contributed by atoms with Crippen molar-refractivity contribution in [2.75, 3.05) is 6.54 Å². The van der Waals surface area contributed by atoms with E-state index < -0.39 is 0 Å². The molecule has 0 fully saturated rings. The number of nitrogens with zero attached hydrogens (tertiary/aromatic N) is 1. The number of hydrogen-bond acceptors (Lipinski definition) is 3. The van der Waals surface area contributed by atoms with Gasteiger partial charge in [0.05, 0.1) is 6.20 Å². The van der Waals surface area contributed by atoms with Gasteiger partial charge in [0.2, 0.25) is 0 Å². The van der Waals surface area contributed by atoms with Gasteiger partial charge in [-0.05, 0) is 24.6 Å². The normalized spacial score (nSPS) is 10.9. The average molecular weight is 349 g/mol. The van der Waals surface area contributed by atoms with Crippen LogP contribution in [0.5, 0.6) is 5.75 Å². The summed E-state index contributed by atoms with van der Waals surface area (Å²) in [5.74, 6) is 1.47. The average Bonchev–Trinajstić information content (AvgIpc) is 2.47. The minimum atomic E-state index is 0.532. The maximum absolute atomic E-state index is 5.93. The van der Waals surface area contributed by atoms with E-state index in [-0.39, 0.29) is 0 Å². The first-order valence-corrected chi connectivity index (χ1v) is 7.96. The highest BCUT2D eigenvalue weighted by atomic mass is 79.9. The Hall–Kier alpha value is -1.39. The first-order chi connectivity index (χ1) is 10.2. The van der Waals surface area contributed by atoms with Crippen LogP contribution in [-0.4, -0.2) is 11.5 Å². The van der Waals surface area contributed by atoms with Crippen LogP contribution in [0.1, 0.15) is 25.0 Å². The number of ether oxygens (including phenoxy) is 1. The van der Waals surface area contributed by atoms with Crippen molar-refractivity contribution in [2.45, 2.75) is 27.0 Å². The first-order valence-electron chi connectivity index (χ1n) is 7.16. The summed E-state index contributed by atoms with van der Waals surface area (Å²) >= 11 is 3.54. The van der Waals surface area contributed by atoms with E-state index in [1.807, 2.05) is 24.3 Å². The highest BCUT2D eigenvalue weighted by Crippen LogP contribution is 2.21. The van der Waals surface area contributed by atoms with Crippen LogP contribution in [0.3, 0.4) is 0 Å². The van der Waals surface area contributed by atoms with Crippen molar-refractivity contribution in [3.8, 4) is 5.75 Å². The van der Waals surface area contributed by atoms with E-state index in [0.717, 1.165) is 34.4 Å². The van der Waals surface area contributed by atoms with Crippen LogP contribution in [0.15, 0.2) is 47.2 Å². The molecule has 0 aliphatic heterocycles. The lowest BCUT2D eigenvalue weighted by Crippen LogP contribution is -2.19. The quantitative estimate of drug-likeness (QED) is 0.815. The molecule has 1 heterocycles. The lowest BCUT2D eigenvalue weighted by Gasteiger charge is -2.13. The molecule has 0 saturated carbocycles. The molecule has 0 unspecified atom stereocenters. The van der Waals surface area contributed by atoms with Crippen LogP contribution in [0.4, 0.5) is 0 Å². The van der Waals surface area contributed by atoms with Gasteiger partial charge in [0.1, 0.15) is 12.4 Å². The Morgan fingerprint density at radius 3 is 2.76 bits per heavy atom. The Kier molecular flexibility index (Phi) is 6.21. The van der Waals surface area contributed by atoms with E-state index >= 15 is 0 Å². The van der Waals surface area contributed by atoms with Crippen molar-refractivity contribution in [3.63, 3.8) is 0 Å². The highest BCUT2D eigenvalue weighted by Gasteiger charge is 2.06. The summed E-state index contributed by atoms with van der Waals surface area (Å²) in [5, 5.41) is 3.43. The molecular weight excluding hydrogens is 328 g/mol. The monoisotopic (exact) mass is 348 g/mol. The van der Waals surface area contributed by atoms with Crippen molar-refractivity contribution in [1.29, 1.82) is 0 Å². The smallest absolute Gasteiger partial charge is 0.142 e. The number of rotatable bonds is 7. The minimum Gasteiger partial charge on any atom is -0.487 e. The van der Waals surface area contributed by atoms with E-state index in [9.17, 15) is 0 Å². The molecule has 0 saturated heterocycles. The maximum atomic E-state index is 5.93. The summed E-state index contributed by atoms with van der Waals surface area (Å²) in [6.45, 7) is 6.72. The van der Waals surface area contributed by atoms with Crippen LogP contribution in [-0.2, 0) is 13.2 Å².